The number of hydrogen-bond acceptors (Lipinski definition) is 5. The molecule has 2 aliphatic heterocycles. The molecule has 110 valence electrons. The highest BCUT2D eigenvalue weighted by Gasteiger charge is 2.46. The summed E-state index contributed by atoms with van der Waals surface area (Å²) in [5.74, 6) is 1.19. The van der Waals surface area contributed by atoms with Crippen LogP contribution < -0.4 is 14.8 Å². The zero-order chi connectivity index (χ0) is 14.4. The summed E-state index contributed by atoms with van der Waals surface area (Å²) in [6.45, 7) is 1.07. The van der Waals surface area contributed by atoms with Gasteiger partial charge in [0.1, 0.15) is 19.3 Å². The third-order valence-electron chi connectivity index (χ3n) is 3.98. The lowest BCUT2D eigenvalue weighted by molar-refractivity contribution is -0.139. The minimum absolute atomic E-state index is 0.0717. The number of hydrogen-bond donors (Lipinski definition) is 1. The average Bonchev–Trinajstić information content (AvgIpc) is 3.27. The molecule has 4 rings (SSSR count). The number of carbonyl (C=O) groups excluding carboxylic acids is 2. The van der Waals surface area contributed by atoms with Gasteiger partial charge < -0.3 is 14.8 Å². The van der Waals surface area contributed by atoms with Crippen LogP contribution in [0, 0.1) is 0 Å². The van der Waals surface area contributed by atoms with Crippen LogP contribution in [0.1, 0.15) is 19.3 Å². The van der Waals surface area contributed by atoms with Crippen molar-refractivity contribution in [3.63, 3.8) is 0 Å². The SMILES string of the molecule is O=C1C[C@@H](Nc2ccc3c(c2)OCCO3)C(=O)N1C1CC1. The van der Waals surface area contributed by atoms with E-state index in [0.29, 0.717) is 24.7 Å². The molecule has 1 saturated carbocycles. The van der Waals surface area contributed by atoms with E-state index in [4.69, 9.17) is 9.47 Å². The maximum Gasteiger partial charge on any atom is 0.252 e. The zero-order valence-corrected chi connectivity index (χ0v) is 11.5. The van der Waals surface area contributed by atoms with E-state index >= 15 is 0 Å². The highest BCUT2D eigenvalue weighted by molar-refractivity contribution is 6.07. The molecule has 1 aromatic carbocycles. The van der Waals surface area contributed by atoms with E-state index in [-0.39, 0.29) is 24.3 Å². The lowest BCUT2D eigenvalue weighted by Gasteiger charge is -2.20. The Morgan fingerprint density at radius 2 is 1.86 bits per heavy atom. The molecule has 2 fully saturated rings. The number of likely N-dealkylation sites (tertiary alicyclic amines) is 1. The number of benzene rings is 1. The number of anilines is 1. The number of nitrogens with one attached hydrogen (secondary N) is 1. The zero-order valence-electron chi connectivity index (χ0n) is 11.5. The minimum Gasteiger partial charge on any atom is -0.486 e. The van der Waals surface area contributed by atoms with E-state index in [1.54, 1.807) is 0 Å². The van der Waals surface area contributed by atoms with E-state index in [9.17, 15) is 9.59 Å². The maximum absolute atomic E-state index is 12.3. The van der Waals surface area contributed by atoms with Crippen molar-refractivity contribution in [1.29, 1.82) is 0 Å². The van der Waals surface area contributed by atoms with Gasteiger partial charge in [-0.15, -0.1) is 0 Å². The van der Waals surface area contributed by atoms with Gasteiger partial charge in [0.2, 0.25) is 5.91 Å². The van der Waals surface area contributed by atoms with Gasteiger partial charge in [0.15, 0.2) is 11.5 Å². The van der Waals surface area contributed by atoms with Gasteiger partial charge in [-0.1, -0.05) is 0 Å². The summed E-state index contributed by atoms with van der Waals surface area (Å²) in [7, 11) is 0. The van der Waals surface area contributed by atoms with Crippen LogP contribution in [0.15, 0.2) is 18.2 Å². The number of rotatable bonds is 3. The second-order valence-electron chi connectivity index (χ2n) is 5.59. The molecule has 0 spiro atoms. The maximum atomic E-state index is 12.3. The van der Waals surface area contributed by atoms with Gasteiger partial charge in [-0.3, -0.25) is 14.5 Å². The summed E-state index contributed by atoms with van der Waals surface area (Å²) in [6.07, 6.45) is 2.10. The van der Waals surface area contributed by atoms with E-state index in [0.717, 1.165) is 18.5 Å². The summed E-state index contributed by atoms with van der Waals surface area (Å²) in [5.41, 5.74) is 0.767. The largest absolute Gasteiger partial charge is 0.486 e. The number of nitrogens with zero attached hydrogens (tertiary/aromatic N) is 1. The first-order chi connectivity index (χ1) is 10.2. The molecule has 0 unspecified atom stereocenters. The van der Waals surface area contributed by atoms with Crippen LogP contribution in [0.25, 0.3) is 0 Å². The van der Waals surface area contributed by atoms with Gasteiger partial charge in [-0.25, -0.2) is 0 Å². The molecular formula is C15H16N2O4. The molecule has 0 bridgehead atoms. The molecule has 2 amide bonds. The van der Waals surface area contributed by atoms with Crippen LogP contribution in [0.2, 0.25) is 0 Å². The normalized spacial score (nSPS) is 24.4. The van der Waals surface area contributed by atoms with Crippen molar-refractivity contribution >= 4 is 17.5 Å². The van der Waals surface area contributed by atoms with Gasteiger partial charge in [0.25, 0.3) is 5.91 Å². The fourth-order valence-corrected chi connectivity index (χ4v) is 2.81. The standard InChI is InChI=1S/C15H16N2O4/c18-14-8-11(15(19)17(14)10-2-3-10)16-9-1-4-12-13(7-9)21-6-5-20-12/h1,4,7,10-11,16H,2-3,5-6,8H2/t11-/m1/s1. The molecule has 0 aromatic heterocycles. The summed E-state index contributed by atoms with van der Waals surface area (Å²) in [6, 6.07) is 5.13. The highest BCUT2D eigenvalue weighted by atomic mass is 16.6. The summed E-state index contributed by atoms with van der Waals surface area (Å²) in [4.78, 5) is 25.6. The highest BCUT2D eigenvalue weighted by Crippen LogP contribution is 2.35. The number of fused-ring (bicyclic) bond motifs is 1. The van der Waals surface area contributed by atoms with Gasteiger partial charge in [0, 0.05) is 17.8 Å². The predicted octanol–water partition coefficient (Wildman–Crippen LogP) is 1.16. The molecule has 1 aromatic rings. The smallest absolute Gasteiger partial charge is 0.252 e. The lowest BCUT2D eigenvalue weighted by Crippen LogP contribution is -2.36. The molecule has 1 N–H and O–H groups in total. The first-order valence-electron chi connectivity index (χ1n) is 7.24. The Morgan fingerprint density at radius 3 is 2.62 bits per heavy atom. The van der Waals surface area contributed by atoms with Crippen molar-refractivity contribution in [2.45, 2.75) is 31.3 Å². The first kappa shape index (κ1) is 12.5. The summed E-state index contributed by atoms with van der Waals surface area (Å²) >= 11 is 0. The third-order valence-corrected chi connectivity index (χ3v) is 3.98. The summed E-state index contributed by atoms with van der Waals surface area (Å²) in [5, 5.41) is 3.14. The van der Waals surface area contributed by atoms with Gasteiger partial charge >= 0.3 is 0 Å². The van der Waals surface area contributed by atoms with Gasteiger partial charge in [-0.2, -0.15) is 0 Å². The van der Waals surface area contributed by atoms with E-state index < -0.39 is 6.04 Å². The molecule has 6 heteroatoms. The quantitative estimate of drug-likeness (QED) is 0.845. The fourth-order valence-electron chi connectivity index (χ4n) is 2.81. The van der Waals surface area contributed by atoms with Crippen molar-refractivity contribution in [3.8, 4) is 11.5 Å². The average molecular weight is 288 g/mol. The molecule has 1 aliphatic carbocycles. The van der Waals surface area contributed by atoms with Gasteiger partial charge in [0.05, 0.1) is 6.42 Å². The molecular weight excluding hydrogens is 272 g/mol. The second-order valence-corrected chi connectivity index (χ2v) is 5.59. The topological polar surface area (TPSA) is 67.9 Å². The van der Waals surface area contributed by atoms with Crippen molar-refractivity contribution in [3.05, 3.63) is 18.2 Å². The summed E-state index contributed by atoms with van der Waals surface area (Å²) < 4.78 is 11.0. The van der Waals surface area contributed by atoms with E-state index in [1.807, 2.05) is 18.2 Å². The molecule has 21 heavy (non-hydrogen) atoms. The Morgan fingerprint density at radius 1 is 1.10 bits per heavy atom. The van der Waals surface area contributed by atoms with E-state index in [1.165, 1.54) is 4.90 Å². The molecule has 3 aliphatic rings. The fraction of sp³-hybridized carbons (Fsp3) is 0.467. The van der Waals surface area contributed by atoms with Crippen molar-refractivity contribution in [2.24, 2.45) is 0 Å². The number of carbonyl (C=O) groups is 2. The van der Waals surface area contributed by atoms with Crippen molar-refractivity contribution in [2.75, 3.05) is 18.5 Å². The lowest BCUT2D eigenvalue weighted by atomic mass is 10.2. The molecule has 1 saturated heterocycles. The van der Waals surface area contributed by atoms with E-state index in [2.05, 4.69) is 5.32 Å². The van der Waals surface area contributed by atoms with Gasteiger partial charge in [-0.05, 0) is 25.0 Å². The van der Waals surface area contributed by atoms with Crippen LogP contribution in [-0.2, 0) is 9.59 Å². The van der Waals surface area contributed by atoms with Crippen molar-refractivity contribution < 1.29 is 19.1 Å². The first-order valence-corrected chi connectivity index (χ1v) is 7.24. The molecule has 0 radical (unpaired) electrons. The number of ether oxygens (including phenoxy) is 2. The van der Waals surface area contributed by atoms with Crippen LogP contribution in [0.3, 0.4) is 0 Å². The third kappa shape index (κ3) is 2.20. The Labute approximate surface area is 122 Å². The Balaban J connectivity index is 1.51. The van der Waals surface area contributed by atoms with Crippen LogP contribution in [0.5, 0.6) is 11.5 Å². The van der Waals surface area contributed by atoms with Crippen LogP contribution in [0.4, 0.5) is 5.69 Å². The molecule has 1 atom stereocenters. The minimum atomic E-state index is -0.472. The Hall–Kier alpha value is -2.24. The predicted molar refractivity (Wildman–Crippen MR) is 74.3 cm³/mol. The number of imide groups is 1. The molecule has 2 heterocycles. The monoisotopic (exact) mass is 288 g/mol. The molecule has 6 nitrogen and oxygen atoms in total. The van der Waals surface area contributed by atoms with Crippen LogP contribution >= 0.6 is 0 Å². The second kappa shape index (κ2) is 4.65. The Bertz CT molecular complexity index is 612. The van der Waals surface area contributed by atoms with Crippen molar-refractivity contribution in [1.82, 2.24) is 4.90 Å². The number of amides is 2. The Kier molecular flexibility index (Phi) is 2.77. The van der Waals surface area contributed by atoms with Crippen LogP contribution in [-0.4, -0.2) is 42.0 Å².